The summed E-state index contributed by atoms with van der Waals surface area (Å²) in [6.45, 7) is 5.38. The van der Waals surface area contributed by atoms with Crippen molar-refractivity contribution < 1.29 is 22.7 Å². The molecule has 73 heavy (non-hydrogen) atoms. The second kappa shape index (κ2) is 24.8. The number of carbonyl (C=O) groups excluding carboxylic acids is 1. The molecule has 0 unspecified atom stereocenters. The highest BCUT2D eigenvalue weighted by Crippen LogP contribution is 2.28. The van der Waals surface area contributed by atoms with E-state index in [1.54, 1.807) is 45.2 Å². The number of carbonyl (C=O) groups is 1. The number of aromatic nitrogens is 6. The molecule has 6 heterocycles. The number of methoxy groups -OCH3 is 1. The summed E-state index contributed by atoms with van der Waals surface area (Å²) in [7, 11) is -0.618. The molecule has 16 heteroatoms. The molecule has 10 rings (SSSR count). The van der Waals surface area contributed by atoms with E-state index in [9.17, 15) is 13.2 Å². The van der Waals surface area contributed by atoms with Crippen molar-refractivity contribution in [2.75, 3.05) is 33.9 Å². The number of Topliss-reactive ketones (excluding diaryl/α,β-unsaturated/α-hetero) is 1. The summed E-state index contributed by atoms with van der Waals surface area (Å²) in [5.41, 5.74) is 17.7. The lowest BCUT2D eigenvalue weighted by molar-refractivity contribution is -0.123. The van der Waals surface area contributed by atoms with Crippen molar-refractivity contribution in [2.24, 2.45) is 5.73 Å². The summed E-state index contributed by atoms with van der Waals surface area (Å²) in [5.74, 6) is 1.77. The number of imidazole rings is 3. The molecule has 14 nitrogen and oxygen atoms in total. The molecule has 0 spiro atoms. The van der Waals surface area contributed by atoms with Crippen LogP contribution in [0.5, 0.6) is 5.75 Å². The number of ketones is 1. The lowest BCUT2D eigenvalue weighted by atomic mass is 10.0. The van der Waals surface area contributed by atoms with Crippen LogP contribution in [0.25, 0.3) is 45.1 Å². The van der Waals surface area contributed by atoms with E-state index < -0.39 is 10.0 Å². The van der Waals surface area contributed by atoms with Crippen molar-refractivity contribution in [3.63, 3.8) is 0 Å². The van der Waals surface area contributed by atoms with Crippen molar-refractivity contribution in [3.8, 4) is 45.6 Å². The Morgan fingerprint density at radius 2 is 1.30 bits per heavy atom. The molecule has 5 aromatic heterocycles. The largest absolute Gasteiger partial charge is 0.497 e. The van der Waals surface area contributed by atoms with Crippen LogP contribution in [0, 0.1) is 25.2 Å². The topological polar surface area (TPSA) is 175 Å². The molecule has 1 aliphatic rings. The third-order valence-electron chi connectivity index (χ3n) is 12.5. The van der Waals surface area contributed by atoms with E-state index >= 15 is 0 Å². The van der Waals surface area contributed by atoms with E-state index in [-0.39, 0.29) is 42.8 Å². The van der Waals surface area contributed by atoms with E-state index in [4.69, 9.17) is 25.5 Å². The second-order valence-electron chi connectivity index (χ2n) is 17.7. The molecular formula is C57H60ClN9O5S. The third-order valence-corrected chi connectivity index (χ3v) is 14.7. The quantitative estimate of drug-likeness (QED) is 0.0973. The first-order valence-corrected chi connectivity index (χ1v) is 25.4. The van der Waals surface area contributed by atoms with Gasteiger partial charge in [-0.1, -0.05) is 72.8 Å². The Morgan fingerprint density at radius 3 is 1.82 bits per heavy atom. The third kappa shape index (κ3) is 13.3. The smallest absolute Gasteiger partial charge is 0.243 e. The van der Waals surface area contributed by atoms with Crippen LogP contribution in [0.2, 0.25) is 0 Å². The van der Waals surface area contributed by atoms with Crippen LogP contribution < -0.4 is 10.5 Å². The van der Waals surface area contributed by atoms with Gasteiger partial charge in [0, 0.05) is 87.2 Å². The highest BCUT2D eigenvalue weighted by atomic mass is 35.5. The molecule has 0 radical (unpaired) electrons. The lowest BCUT2D eigenvalue weighted by Gasteiger charge is -2.20. The number of hydrogen-bond acceptors (Lipinski definition) is 10. The maximum absolute atomic E-state index is 13.1. The number of pyridine rings is 2. The average Bonchev–Trinajstić information content (AvgIpc) is 4.17. The van der Waals surface area contributed by atoms with Gasteiger partial charge in [-0.3, -0.25) is 4.79 Å². The molecule has 1 aliphatic heterocycles. The van der Waals surface area contributed by atoms with Gasteiger partial charge in [-0.25, -0.2) is 23.4 Å². The standard InChI is InChI=1S/C29H37N3O5S.C14H13N3.C14H9N3.ClH/c1-21-17-26(36-4)18-22(2)29(21)38(34,35)31(3)15-16-37-20-25(33)13-10-23-8-11-24(12-9-23)27-19-32-14-6-5-7-28(32)30-27;2*15-9-11-4-6-12(7-5-11)13-10-17-8-2-1-3-14(17)16-13;/h8-9,11-12,17-19H,5-7,10,13-16,20H2,1-4H3;1-8,10H,9,15H2;1-8,10H;1H. The Hall–Kier alpha value is -7.45. The highest BCUT2D eigenvalue weighted by Gasteiger charge is 2.25. The molecule has 0 fully saturated rings. The minimum absolute atomic E-state index is 0. The summed E-state index contributed by atoms with van der Waals surface area (Å²) in [4.78, 5) is 26.5. The van der Waals surface area contributed by atoms with E-state index in [2.05, 4.69) is 51.1 Å². The first-order valence-electron chi connectivity index (χ1n) is 24.0. The van der Waals surface area contributed by atoms with Crippen LogP contribution in [0.4, 0.5) is 0 Å². The van der Waals surface area contributed by atoms with Gasteiger partial charge in [-0.2, -0.15) is 9.57 Å². The highest BCUT2D eigenvalue weighted by molar-refractivity contribution is 7.89. The fraction of sp³-hybridized carbons (Fsp3) is 0.246. The van der Waals surface area contributed by atoms with E-state index in [1.165, 1.54) is 24.2 Å². The van der Waals surface area contributed by atoms with Gasteiger partial charge in [-0.05, 0) is 104 Å². The molecule has 0 bridgehead atoms. The molecule has 376 valence electrons. The number of ether oxygens (including phenoxy) is 2. The van der Waals surface area contributed by atoms with Gasteiger partial charge in [0.2, 0.25) is 10.0 Å². The van der Waals surface area contributed by atoms with Gasteiger partial charge < -0.3 is 28.6 Å². The molecule has 9 aromatic rings. The maximum atomic E-state index is 13.1. The second-order valence-corrected chi connectivity index (χ2v) is 19.7. The monoisotopic (exact) mass is 1020 g/mol. The SMILES string of the molecule is COc1cc(C)c(S(=O)(=O)N(C)CCOCC(=O)CCc2ccc(-c3cn4c(n3)CCCC4)cc2)c(C)c1.Cl.N#Cc1ccc(-c2cn3ccccc3n2)cc1.NCc1ccc(-c2cn3ccccc3n2)cc1. The zero-order valence-corrected chi connectivity index (χ0v) is 43.2. The minimum atomic E-state index is -3.69. The van der Waals surface area contributed by atoms with Gasteiger partial charge in [0.25, 0.3) is 0 Å². The average molecular weight is 1020 g/mol. The normalized spacial score (nSPS) is 12.0. The van der Waals surface area contributed by atoms with Gasteiger partial charge in [0.1, 0.15) is 29.5 Å². The van der Waals surface area contributed by atoms with Crippen LogP contribution in [0.3, 0.4) is 0 Å². The van der Waals surface area contributed by atoms with E-state index in [1.807, 2.05) is 106 Å². The number of rotatable bonds is 15. The van der Waals surface area contributed by atoms with Crippen molar-refractivity contribution in [2.45, 2.75) is 63.9 Å². The number of nitrogens with zero attached hydrogens (tertiary/aromatic N) is 8. The predicted molar refractivity (Wildman–Crippen MR) is 288 cm³/mol. The van der Waals surface area contributed by atoms with Crippen LogP contribution in [-0.4, -0.2) is 80.7 Å². The van der Waals surface area contributed by atoms with Crippen LogP contribution in [0.15, 0.2) is 157 Å². The molecule has 0 amide bonds. The first kappa shape index (κ1) is 53.4. The summed E-state index contributed by atoms with van der Waals surface area (Å²) in [5, 5.41) is 8.74. The number of nitriles is 1. The van der Waals surface area contributed by atoms with Crippen molar-refractivity contribution >= 4 is 39.5 Å². The van der Waals surface area contributed by atoms with Crippen molar-refractivity contribution in [3.05, 3.63) is 186 Å². The molecule has 0 saturated heterocycles. The maximum Gasteiger partial charge on any atom is 0.243 e. The molecular weight excluding hydrogens is 958 g/mol. The number of benzene rings is 4. The van der Waals surface area contributed by atoms with Gasteiger partial charge in [0.05, 0.1) is 47.3 Å². The Balaban J connectivity index is 0.000000183. The Labute approximate surface area is 433 Å². The number of aryl methyl sites for hydroxylation is 5. The summed E-state index contributed by atoms with van der Waals surface area (Å²) in [6.07, 6.45) is 14.6. The number of sulfonamides is 1. The number of hydrogen-bond donors (Lipinski definition) is 1. The number of nitrogens with two attached hydrogens (primary N) is 1. The first-order chi connectivity index (χ1) is 34.9. The predicted octanol–water partition coefficient (Wildman–Crippen LogP) is 10.1. The Bertz CT molecular complexity index is 3320. The molecule has 4 aromatic carbocycles. The van der Waals surface area contributed by atoms with Crippen molar-refractivity contribution in [1.29, 1.82) is 5.26 Å². The zero-order valence-electron chi connectivity index (χ0n) is 41.5. The Kier molecular flexibility index (Phi) is 18.1. The zero-order chi connectivity index (χ0) is 50.6. The summed E-state index contributed by atoms with van der Waals surface area (Å²) in [6, 6.07) is 41.3. The van der Waals surface area contributed by atoms with Crippen LogP contribution in [-0.2, 0) is 45.5 Å². The fourth-order valence-electron chi connectivity index (χ4n) is 8.51. The minimum Gasteiger partial charge on any atom is -0.497 e. The molecule has 0 atom stereocenters. The molecule has 0 saturated carbocycles. The van der Waals surface area contributed by atoms with Crippen LogP contribution >= 0.6 is 12.4 Å². The number of likely N-dealkylation sites (N-methyl/N-ethyl adjacent to an activating group) is 1. The Morgan fingerprint density at radius 1 is 0.753 bits per heavy atom. The summed E-state index contributed by atoms with van der Waals surface area (Å²) < 4.78 is 44.4. The van der Waals surface area contributed by atoms with Gasteiger partial charge in [0.15, 0.2) is 5.78 Å². The number of halogens is 1. The van der Waals surface area contributed by atoms with Crippen molar-refractivity contribution in [1.82, 2.24) is 32.6 Å². The molecule has 2 N–H and O–H groups in total. The molecule has 0 aliphatic carbocycles. The lowest BCUT2D eigenvalue weighted by Crippen LogP contribution is -2.31. The van der Waals surface area contributed by atoms with E-state index in [0.717, 1.165) is 75.0 Å². The fourth-order valence-corrected chi connectivity index (χ4v) is 10.1. The summed E-state index contributed by atoms with van der Waals surface area (Å²) >= 11 is 0. The van der Waals surface area contributed by atoms with E-state index in [0.29, 0.717) is 41.8 Å². The van der Waals surface area contributed by atoms with Gasteiger partial charge in [-0.15, -0.1) is 12.4 Å². The number of fused-ring (bicyclic) bond motifs is 3. The van der Waals surface area contributed by atoms with Crippen LogP contribution in [0.1, 0.15) is 52.9 Å². The van der Waals surface area contributed by atoms with Gasteiger partial charge >= 0.3 is 0 Å².